The minimum absolute atomic E-state index is 0.138. The summed E-state index contributed by atoms with van der Waals surface area (Å²) in [5, 5.41) is 8.97. The number of nitrogens with zero attached hydrogens (tertiary/aromatic N) is 1. The zero-order valence-corrected chi connectivity index (χ0v) is 6.99. The van der Waals surface area contributed by atoms with Crippen molar-refractivity contribution >= 4 is 5.69 Å². The van der Waals surface area contributed by atoms with E-state index in [2.05, 4.69) is 4.98 Å². The molecule has 0 saturated carbocycles. The minimum Gasteiger partial charge on any atom is -0.397 e. The lowest BCUT2D eigenvalue weighted by atomic mass is 9.94. The third kappa shape index (κ3) is 1.54. The van der Waals surface area contributed by atoms with E-state index in [0.717, 1.165) is 5.56 Å². The summed E-state index contributed by atoms with van der Waals surface area (Å²) in [7, 11) is 0. The first-order valence-corrected chi connectivity index (χ1v) is 3.67. The zero-order valence-electron chi connectivity index (χ0n) is 6.99. The number of anilines is 1. The van der Waals surface area contributed by atoms with Crippen LogP contribution in [0.4, 0.5) is 5.69 Å². The Hall–Kier alpha value is -1.13. The van der Waals surface area contributed by atoms with Crippen LogP contribution in [0.25, 0.3) is 0 Å². The van der Waals surface area contributed by atoms with Gasteiger partial charge in [-0.3, -0.25) is 4.98 Å². The van der Waals surface area contributed by atoms with E-state index in [-0.39, 0.29) is 6.61 Å². The molecule has 4 nitrogen and oxygen atoms in total. The zero-order chi connectivity index (χ0) is 9.19. The van der Waals surface area contributed by atoms with E-state index >= 15 is 0 Å². The van der Waals surface area contributed by atoms with E-state index in [1.54, 1.807) is 19.2 Å². The first kappa shape index (κ1) is 8.96. The third-order valence-electron chi connectivity index (χ3n) is 1.80. The predicted molar refractivity (Wildman–Crippen MR) is 47.3 cm³/mol. The average Bonchev–Trinajstić information content (AvgIpc) is 2.05. The molecule has 0 bridgehead atoms. The van der Waals surface area contributed by atoms with Crippen molar-refractivity contribution < 1.29 is 5.11 Å². The lowest BCUT2D eigenvalue weighted by molar-refractivity contribution is 0.210. The van der Waals surface area contributed by atoms with Gasteiger partial charge in [0.15, 0.2) is 0 Å². The Labute approximate surface area is 71.2 Å². The number of hydrogen-bond acceptors (Lipinski definition) is 4. The van der Waals surface area contributed by atoms with Crippen LogP contribution in [0.2, 0.25) is 0 Å². The average molecular weight is 167 g/mol. The van der Waals surface area contributed by atoms with E-state index in [0.29, 0.717) is 5.69 Å². The van der Waals surface area contributed by atoms with Crippen molar-refractivity contribution in [1.29, 1.82) is 0 Å². The molecule has 1 rings (SSSR count). The number of pyridine rings is 1. The van der Waals surface area contributed by atoms with Gasteiger partial charge in [-0.15, -0.1) is 0 Å². The SMILES string of the molecule is CC(N)(CO)c1ccncc1N. The molecule has 0 saturated heterocycles. The molecule has 1 aromatic rings. The van der Waals surface area contributed by atoms with E-state index < -0.39 is 5.54 Å². The van der Waals surface area contributed by atoms with Crippen LogP contribution < -0.4 is 11.5 Å². The van der Waals surface area contributed by atoms with Gasteiger partial charge in [0.2, 0.25) is 0 Å². The highest BCUT2D eigenvalue weighted by atomic mass is 16.3. The van der Waals surface area contributed by atoms with Crippen LogP contribution in [0.1, 0.15) is 12.5 Å². The Bertz CT molecular complexity index is 273. The summed E-state index contributed by atoms with van der Waals surface area (Å²) in [5.74, 6) is 0. The lowest BCUT2D eigenvalue weighted by Crippen LogP contribution is -2.37. The van der Waals surface area contributed by atoms with Gasteiger partial charge in [-0.05, 0) is 18.6 Å². The van der Waals surface area contributed by atoms with Crippen LogP contribution >= 0.6 is 0 Å². The molecule has 5 N–H and O–H groups in total. The summed E-state index contributed by atoms with van der Waals surface area (Å²) in [6.45, 7) is 1.58. The molecule has 0 aliphatic heterocycles. The highest BCUT2D eigenvalue weighted by Crippen LogP contribution is 2.21. The number of aliphatic hydroxyl groups is 1. The minimum atomic E-state index is -0.785. The van der Waals surface area contributed by atoms with Crippen LogP contribution in [0.15, 0.2) is 18.5 Å². The Kier molecular flexibility index (Phi) is 2.30. The molecule has 1 heterocycles. The topological polar surface area (TPSA) is 85.2 Å². The molecular weight excluding hydrogens is 154 g/mol. The molecule has 0 fully saturated rings. The smallest absolute Gasteiger partial charge is 0.0651 e. The van der Waals surface area contributed by atoms with E-state index in [9.17, 15) is 0 Å². The Morgan fingerprint density at radius 1 is 1.67 bits per heavy atom. The molecule has 1 aromatic heterocycles. The van der Waals surface area contributed by atoms with Gasteiger partial charge in [0.1, 0.15) is 0 Å². The standard InChI is InChI=1S/C8H13N3O/c1-8(10,5-12)6-2-3-11-4-7(6)9/h2-4,12H,5,9-10H2,1H3. The van der Waals surface area contributed by atoms with E-state index in [1.165, 1.54) is 6.20 Å². The second kappa shape index (κ2) is 3.08. The third-order valence-corrected chi connectivity index (χ3v) is 1.80. The maximum Gasteiger partial charge on any atom is 0.0651 e. The van der Waals surface area contributed by atoms with Crippen molar-refractivity contribution in [3.8, 4) is 0 Å². The Balaban J connectivity index is 3.10. The highest BCUT2D eigenvalue weighted by Gasteiger charge is 2.21. The van der Waals surface area contributed by atoms with Crippen molar-refractivity contribution in [3.05, 3.63) is 24.0 Å². The molecule has 1 atom stereocenters. The summed E-state index contributed by atoms with van der Waals surface area (Å²) in [4.78, 5) is 3.83. The lowest BCUT2D eigenvalue weighted by Gasteiger charge is -2.23. The maximum atomic E-state index is 8.97. The van der Waals surface area contributed by atoms with Crippen molar-refractivity contribution in [2.24, 2.45) is 5.73 Å². The molecule has 0 radical (unpaired) electrons. The summed E-state index contributed by atoms with van der Waals surface area (Å²) < 4.78 is 0. The number of aliphatic hydroxyl groups excluding tert-OH is 1. The van der Waals surface area contributed by atoms with Crippen LogP contribution in [0, 0.1) is 0 Å². The normalized spacial score (nSPS) is 15.6. The van der Waals surface area contributed by atoms with Crippen LogP contribution in [0.3, 0.4) is 0 Å². The number of rotatable bonds is 2. The van der Waals surface area contributed by atoms with Gasteiger partial charge in [0.05, 0.1) is 24.0 Å². The van der Waals surface area contributed by atoms with Gasteiger partial charge in [0, 0.05) is 6.20 Å². The second-order valence-corrected chi connectivity index (χ2v) is 3.04. The Morgan fingerprint density at radius 2 is 2.33 bits per heavy atom. The molecule has 4 heteroatoms. The number of nitrogen functional groups attached to an aromatic ring is 1. The molecule has 0 aliphatic carbocycles. The van der Waals surface area contributed by atoms with Crippen LogP contribution in [-0.4, -0.2) is 16.7 Å². The Morgan fingerprint density at radius 3 is 2.83 bits per heavy atom. The van der Waals surface area contributed by atoms with Crippen molar-refractivity contribution in [2.75, 3.05) is 12.3 Å². The molecule has 1 unspecified atom stereocenters. The number of hydrogen-bond donors (Lipinski definition) is 3. The molecule has 0 aliphatic rings. The summed E-state index contributed by atoms with van der Waals surface area (Å²) >= 11 is 0. The maximum absolute atomic E-state index is 8.97. The van der Waals surface area contributed by atoms with Crippen molar-refractivity contribution in [3.63, 3.8) is 0 Å². The van der Waals surface area contributed by atoms with Crippen LogP contribution in [-0.2, 0) is 5.54 Å². The first-order chi connectivity index (χ1) is 5.58. The van der Waals surface area contributed by atoms with Gasteiger partial charge in [-0.1, -0.05) is 0 Å². The van der Waals surface area contributed by atoms with Gasteiger partial charge in [-0.25, -0.2) is 0 Å². The highest BCUT2D eigenvalue weighted by molar-refractivity contribution is 5.47. The van der Waals surface area contributed by atoms with E-state index in [4.69, 9.17) is 16.6 Å². The van der Waals surface area contributed by atoms with Gasteiger partial charge >= 0.3 is 0 Å². The second-order valence-electron chi connectivity index (χ2n) is 3.04. The summed E-state index contributed by atoms with van der Waals surface area (Å²) in [6, 6.07) is 1.71. The fourth-order valence-corrected chi connectivity index (χ4v) is 1.01. The van der Waals surface area contributed by atoms with Crippen LogP contribution in [0.5, 0.6) is 0 Å². The quantitative estimate of drug-likeness (QED) is 0.571. The fraction of sp³-hybridized carbons (Fsp3) is 0.375. The monoisotopic (exact) mass is 167 g/mol. The largest absolute Gasteiger partial charge is 0.397 e. The van der Waals surface area contributed by atoms with Crippen molar-refractivity contribution in [1.82, 2.24) is 4.98 Å². The van der Waals surface area contributed by atoms with Crippen molar-refractivity contribution in [2.45, 2.75) is 12.5 Å². The molecule has 0 spiro atoms. The molecule has 0 aromatic carbocycles. The van der Waals surface area contributed by atoms with E-state index in [1.807, 2.05) is 0 Å². The molecule has 12 heavy (non-hydrogen) atoms. The molecule has 0 amide bonds. The van der Waals surface area contributed by atoms with Gasteiger partial charge in [-0.2, -0.15) is 0 Å². The first-order valence-electron chi connectivity index (χ1n) is 3.67. The summed E-state index contributed by atoms with van der Waals surface area (Å²) in [6.07, 6.45) is 3.13. The molecule has 66 valence electrons. The van der Waals surface area contributed by atoms with Gasteiger partial charge in [0.25, 0.3) is 0 Å². The fourth-order valence-electron chi connectivity index (χ4n) is 1.01. The summed E-state index contributed by atoms with van der Waals surface area (Å²) in [5.41, 5.74) is 11.9. The van der Waals surface area contributed by atoms with Gasteiger partial charge < -0.3 is 16.6 Å². The number of nitrogens with two attached hydrogens (primary N) is 2. The molecular formula is C8H13N3O. The number of aromatic nitrogens is 1. The predicted octanol–water partition coefficient (Wildman–Crippen LogP) is -0.170.